The van der Waals surface area contributed by atoms with E-state index >= 15 is 0 Å². The van der Waals surface area contributed by atoms with Crippen LogP contribution >= 0.6 is 11.8 Å². The molecule has 0 atom stereocenters. The fourth-order valence-corrected chi connectivity index (χ4v) is 1.03. The standard InChI is InChI=1S/C4H8N2O2.C4H9N.C3H8N2.C3H7NO2.C3H7NOS.C2H7N3.C2H6N2O.C2H5.6CH4.CH3.Y/c1-5-3(7)4(8)6-2;1-3-4-5-2;1-4-3-5-2;2*1-4-3(5)6-2;1-3-5-4-2;1-4-2(3)5;1-2;;;;;;;;/h1-2H3,(H,5,7)(H,6,8);3-5H,1-2H3;3H,1-2H3,(H,4,5);2*1-2H3,(H,4,5);1-2H3,(H,3,4);1H3,(H3,3,4,5);1H2,2H3;6*1H4;1H3;/q;;;;;;;-1;;;;;;;-1;. The fraction of sp³-hybridized carbons (Fsp3) is 0.667. The number of nitrogens with zero attached hydrogens (tertiary/aromatic N) is 3. The van der Waals surface area contributed by atoms with E-state index in [9.17, 15) is 24.0 Å². The normalized spacial score (nSPS) is 6.54. The predicted octanol–water partition coefficient (Wildman–Crippen LogP) is 4.33. The van der Waals surface area contributed by atoms with Crippen molar-refractivity contribution in [1.82, 2.24) is 42.6 Å². The predicted molar refractivity (Wildman–Crippen MR) is 221 cm³/mol. The van der Waals surface area contributed by atoms with Crippen molar-refractivity contribution in [3.63, 3.8) is 0 Å². The van der Waals surface area contributed by atoms with Crippen molar-refractivity contribution in [2.45, 2.75) is 58.4 Å². The molecule has 0 unspecified atom stereocenters. The van der Waals surface area contributed by atoms with Gasteiger partial charge in [-0.25, -0.2) is 9.59 Å². The Kier molecular flexibility index (Phi) is 246. The second kappa shape index (κ2) is 119. The van der Waals surface area contributed by atoms with Gasteiger partial charge in [-0.3, -0.25) is 24.8 Å². The summed E-state index contributed by atoms with van der Waals surface area (Å²) in [6, 6.07) is -0.495. The topological polar surface area (TPSA) is 254 Å². The van der Waals surface area contributed by atoms with Crippen molar-refractivity contribution in [1.29, 1.82) is 0 Å². The monoisotopic (exact) mass is 830 g/mol. The summed E-state index contributed by atoms with van der Waals surface area (Å²) in [7, 11) is 17.4. The van der Waals surface area contributed by atoms with E-state index in [2.05, 4.69) is 75.4 Å². The number of thioether (sulfide) groups is 1. The molecule has 20 heteroatoms. The van der Waals surface area contributed by atoms with Crippen LogP contribution in [0.1, 0.15) is 58.4 Å². The molecule has 0 bridgehead atoms. The molecule has 6 amide bonds. The molecule has 0 aromatic rings. The van der Waals surface area contributed by atoms with Gasteiger partial charge in [0.15, 0.2) is 0 Å². The zero-order valence-corrected chi connectivity index (χ0v) is 32.9. The number of hydrogen-bond donors (Lipinski definition) is 9. The van der Waals surface area contributed by atoms with E-state index < -0.39 is 23.9 Å². The average molecular weight is 830 g/mol. The van der Waals surface area contributed by atoms with Crippen LogP contribution in [0.25, 0.3) is 0 Å². The SMILES string of the molecule is C.C.C.C.C.C.CC=CNC.CN=CNC.CN=NNC.CNC(=O)C(=O)NC.CNC(=O)OC.CNC(=O)SC.CNC(N)=O.[CH2-]C.[CH3-].[Y]. The van der Waals surface area contributed by atoms with E-state index in [4.69, 9.17) is 0 Å². The number of urea groups is 1. The van der Waals surface area contributed by atoms with Crippen LogP contribution in [0, 0.1) is 14.4 Å². The molecule has 0 aliphatic carbocycles. The first kappa shape index (κ1) is 103. The molecule has 50 heavy (non-hydrogen) atoms. The molecule has 10 N–H and O–H groups in total. The van der Waals surface area contributed by atoms with Crippen LogP contribution in [0.15, 0.2) is 27.6 Å². The summed E-state index contributed by atoms with van der Waals surface area (Å²) in [5.74, 6) is -1.24. The number of rotatable bonds is 3. The van der Waals surface area contributed by atoms with Gasteiger partial charge in [-0.1, -0.05) is 67.6 Å². The molecule has 0 heterocycles. The average Bonchev–Trinajstić information content (AvgIpc) is 3.03. The second-order valence-corrected chi connectivity index (χ2v) is 6.02. The molecule has 0 fully saturated rings. The Bertz CT molecular complexity index is 610. The quantitative estimate of drug-likeness (QED) is 0.0486. The molecule has 1 radical (unpaired) electrons. The van der Waals surface area contributed by atoms with E-state index in [0.29, 0.717) is 0 Å². The Morgan fingerprint density at radius 2 is 1.08 bits per heavy atom. The molecule has 0 rings (SSSR count). The van der Waals surface area contributed by atoms with Crippen molar-refractivity contribution in [2.24, 2.45) is 21.1 Å². The molecule has 0 aromatic heterocycles. The van der Waals surface area contributed by atoms with Crippen molar-refractivity contribution < 1.29 is 61.4 Å². The number of ether oxygens (including phenoxy) is 1. The molecule has 311 valence electrons. The van der Waals surface area contributed by atoms with Crippen LogP contribution in [0.2, 0.25) is 0 Å². The van der Waals surface area contributed by atoms with Gasteiger partial charge >= 0.3 is 23.9 Å². The van der Waals surface area contributed by atoms with E-state index in [1.807, 2.05) is 33.3 Å². The van der Waals surface area contributed by atoms with Gasteiger partial charge < -0.3 is 62.0 Å². The number of aliphatic imine (C=N–C) groups is 1. The van der Waals surface area contributed by atoms with Gasteiger partial charge in [0.25, 0.3) is 5.24 Å². The zero-order chi connectivity index (χ0) is 35.2. The molecule has 0 saturated carbocycles. The number of likely N-dealkylation sites (N-methyl/N-ethyl adjacent to an activating group) is 2. The first-order valence-electron chi connectivity index (χ1n) is 11.8. The van der Waals surface area contributed by atoms with Gasteiger partial charge in [0.2, 0.25) is 0 Å². The largest absolute Gasteiger partial charge is 0.453 e. The summed E-state index contributed by atoms with van der Waals surface area (Å²) in [6.07, 6.45) is 6.77. The number of allylic oxidation sites excluding steroid dienone is 1. The number of hydrogen-bond acceptors (Lipinski definition) is 11. The third-order valence-electron chi connectivity index (χ3n) is 2.48. The van der Waals surface area contributed by atoms with Crippen LogP contribution in [0.4, 0.5) is 14.4 Å². The molecular weight excluding hydrogens is 745 g/mol. The molecule has 0 aliphatic heterocycles. The fourth-order valence-electron chi connectivity index (χ4n) is 0.827. The number of nitrogens with one attached hydrogen (secondary N) is 8. The summed E-state index contributed by atoms with van der Waals surface area (Å²) in [5, 5.41) is 23.5. The third-order valence-corrected chi connectivity index (χ3v) is 3.05. The number of alkyl carbamates (subject to hydrolysis) is 1. The van der Waals surface area contributed by atoms with Gasteiger partial charge in [-0.15, -0.1) is 0 Å². The van der Waals surface area contributed by atoms with Crippen LogP contribution in [-0.2, 0) is 47.0 Å². The smallest absolute Gasteiger partial charge is 0.406 e. The third kappa shape index (κ3) is 199. The van der Waals surface area contributed by atoms with Crippen molar-refractivity contribution >= 4 is 47.3 Å². The number of nitrogens with two attached hydrogens (primary N) is 1. The second-order valence-electron chi connectivity index (χ2n) is 5.24. The maximum absolute atomic E-state index is 10.2. The number of primary amides is 1. The number of carbonyl (C=O) groups excluding carboxylic acids is 5. The molecule has 0 spiro atoms. The van der Waals surface area contributed by atoms with Gasteiger partial charge in [-0.05, 0) is 19.4 Å². The van der Waals surface area contributed by atoms with Crippen LogP contribution < -0.4 is 48.4 Å². The summed E-state index contributed by atoms with van der Waals surface area (Å²) < 4.78 is 4.15. The number of carbonyl (C=O) groups is 5. The maximum atomic E-state index is 10.2. The molecule has 18 nitrogen and oxygen atoms in total. The molecule has 0 saturated heterocycles. The first-order valence-corrected chi connectivity index (χ1v) is 13.0. The van der Waals surface area contributed by atoms with E-state index in [1.165, 1.54) is 47.1 Å². The molecular formula is C30H84N12O6SY-2. The Morgan fingerprint density at radius 1 is 0.720 bits per heavy atom. The van der Waals surface area contributed by atoms with Crippen LogP contribution in [-0.4, -0.2) is 119 Å². The van der Waals surface area contributed by atoms with Gasteiger partial charge in [0, 0.05) is 96.1 Å². The van der Waals surface area contributed by atoms with Crippen LogP contribution in [0.3, 0.4) is 0 Å². The van der Waals surface area contributed by atoms with E-state index in [0.717, 1.165) is 0 Å². The summed E-state index contributed by atoms with van der Waals surface area (Å²) in [5.41, 5.74) is 7.02. The number of methoxy groups -OCH3 is 1. The van der Waals surface area contributed by atoms with Crippen molar-refractivity contribution in [3.05, 3.63) is 26.6 Å². The Balaban J connectivity index is -0.0000000187. The number of amides is 6. The summed E-state index contributed by atoms with van der Waals surface area (Å²) in [4.78, 5) is 53.4. The molecule has 0 aliphatic rings. The van der Waals surface area contributed by atoms with Gasteiger partial charge in [0.05, 0.1) is 20.5 Å². The Labute approximate surface area is 339 Å². The molecule has 0 aromatic carbocycles. The first-order chi connectivity index (χ1) is 19.8. The summed E-state index contributed by atoms with van der Waals surface area (Å²) >= 11 is 1.17. The minimum absolute atomic E-state index is 0. The van der Waals surface area contributed by atoms with Gasteiger partial charge in [-0.2, -0.15) is 12.0 Å². The summed E-state index contributed by atoms with van der Waals surface area (Å²) in [6.45, 7) is 6.97. The minimum Gasteiger partial charge on any atom is -0.453 e. The Hall–Kier alpha value is -3.19. The van der Waals surface area contributed by atoms with E-state index in [1.54, 1.807) is 47.7 Å². The van der Waals surface area contributed by atoms with Crippen molar-refractivity contribution in [2.75, 3.05) is 83.8 Å². The zero-order valence-electron chi connectivity index (χ0n) is 29.3. The van der Waals surface area contributed by atoms with Gasteiger partial charge in [0.1, 0.15) is 0 Å². The van der Waals surface area contributed by atoms with E-state index in [-0.39, 0.29) is 89.9 Å². The Morgan fingerprint density at radius 3 is 1.10 bits per heavy atom. The minimum atomic E-state index is -0.618. The van der Waals surface area contributed by atoms with Crippen LogP contribution in [0.5, 0.6) is 0 Å². The van der Waals surface area contributed by atoms with Crippen molar-refractivity contribution in [3.8, 4) is 0 Å². The maximum Gasteiger partial charge on any atom is 0.406 e.